The molecule has 4 nitrogen and oxygen atoms in total. The Hall–Kier alpha value is -6.00. The lowest BCUT2D eigenvalue weighted by Gasteiger charge is -2.40. The quantitative estimate of drug-likeness (QED) is 0.184. The van der Waals surface area contributed by atoms with E-state index in [1.165, 1.54) is 27.6 Å². The Morgan fingerprint density at radius 2 is 1.14 bits per heavy atom. The molecule has 1 aliphatic rings. The van der Waals surface area contributed by atoms with E-state index in [-0.39, 0.29) is 5.41 Å². The molecule has 4 heteroatoms. The minimum absolute atomic E-state index is 0.152. The number of hydrogen-bond acceptors (Lipinski definition) is 4. The minimum atomic E-state index is -0.152. The van der Waals surface area contributed by atoms with Crippen LogP contribution in [-0.2, 0) is 5.41 Å². The molecule has 0 aliphatic heterocycles. The Morgan fingerprint density at radius 1 is 0.471 bits per heavy atom. The summed E-state index contributed by atoms with van der Waals surface area (Å²) in [4.78, 5) is 10.2. The van der Waals surface area contributed by atoms with E-state index in [9.17, 15) is 0 Å². The van der Waals surface area contributed by atoms with Crippen molar-refractivity contribution in [2.75, 3.05) is 0 Å². The highest BCUT2D eigenvalue weighted by Gasteiger charge is 2.49. The van der Waals surface area contributed by atoms with Crippen molar-refractivity contribution < 1.29 is 8.83 Å². The topological polar surface area (TPSA) is 52.1 Å². The zero-order chi connectivity index (χ0) is 34.4. The van der Waals surface area contributed by atoms with Crippen molar-refractivity contribution in [3.05, 3.63) is 145 Å². The van der Waals surface area contributed by atoms with Gasteiger partial charge in [-0.05, 0) is 52.3 Å². The van der Waals surface area contributed by atoms with Crippen molar-refractivity contribution >= 4 is 44.0 Å². The molecule has 246 valence electrons. The summed E-state index contributed by atoms with van der Waals surface area (Å²) < 4.78 is 13.4. The second-order valence-corrected chi connectivity index (χ2v) is 14.5. The number of nitrogens with zero attached hydrogens (tertiary/aromatic N) is 2. The number of para-hydroxylation sites is 2. The third kappa shape index (κ3) is 4.14. The van der Waals surface area contributed by atoms with Crippen LogP contribution in [0.15, 0.2) is 142 Å². The van der Waals surface area contributed by atoms with E-state index in [0.29, 0.717) is 23.2 Å². The molecule has 0 unspecified atom stereocenters. The van der Waals surface area contributed by atoms with Crippen LogP contribution in [0.1, 0.15) is 38.8 Å². The third-order valence-electron chi connectivity index (χ3n) is 11.3. The Morgan fingerprint density at radius 3 is 1.94 bits per heavy atom. The summed E-state index contributed by atoms with van der Waals surface area (Å²) in [6, 6.07) is 46.9. The SMILES string of the molecule is CC(C)C1(C(C)C)c2ccccc2-c2ccc3c(oc4c(-c5ccc(-c6nc(-c7ccccc7)c7oc8ccccc8c7n6)cc5)cccc43)c21. The van der Waals surface area contributed by atoms with E-state index < -0.39 is 0 Å². The van der Waals surface area contributed by atoms with Gasteiger partial charge >= 0.3 is 0 Å². The van der Waals surface area contributed by atoms with Crippen molar-refractivity contribution in [1.29, 1.82) is 0 Å². The molecule has 0 fully saturated rings. The maximum absolute atomic E-state index is 7.09. The molecular formula is C47H36N2O2. The average Bonchev–Trinajstić information content (AvgIpc) is 3.83. The molecule has 0 saturated heterocycles. The van der Waals surface area contributed by atoms with Crippen LogP contribution in [0, 0.1) is 11.8 Å². The summed E-state index contributed by atoms with van der Waals surface area (Å²) in [5, 5.41) is 3.29. The molecule has 6 aromatic carbocycles. The summed E-state index contributed by atoms with van der Waals surface area (Å²) in [5.74, 6) is 1.43. The van der Waals surface area contributed by atoms with Crippen molar-refractivity contribution in [3.63, 3.8) is 0 Å². The van der Waals surface area contributed by atoms with Gasteiger partial charge in [0, 0.05) is 43.8 Å². The van der Waals surface area contributed by atoms with Gasteiger partial charge in [-0.1, -0.05) is 143 Å². The Labute approximate surface area is 296 Å². The largest absolute Gasteiger partial charge is 0.455 e. The lowest BCUT2D eigenvalue weighted by Crippen LogP contribution is -2.37. The molecule has 0 atom stereocenters. The number of rotatable bonds is 5. The number of hydrogen-bond donors (Lipinski definition) is 0. The van der Waals surface area contributed by atoms with Crippen molar-refractivity contribution in [2.24, 2.45) is 11.8 Å². The van der Waals surface area contributed by atoms with E-state index in [0.717, 1.165) is 61.0 Å². The van der Waals surface area contributed by atoms with Gasteiger partial charge in [0.05, 0.1) is 0 Å². The summed E-state index contributed by atoms with van der Waals surface area (Å²) >= 11 is 0. The number of aromatic nitrogens is 2. The summed E-state index contributed by atoms with van der Waals surface area (Å²) in [5.41, 5.74) is 14.3. The molecule has 3 aromatic heterocycles. The Kier molecular flexibility index (Phi) is 6.44. The predicted molar refractivity (Wildman–Crippen MR) is 209 cm³/mol. The maximum Gasteiger partial charge on any atom is 0.180 e. The Balaban J connectivity index is 1.13. The van der Waals surface area contributed by atoms with Crippen LogP contribution in [0.4, 0.5) is 0 Å². The number of furan rings is 2. The molecular weight excluding hydrogens is 625 g/mol. The normalized spacial score (nSPS) is 13.6. The van der Waals surface area contributed by atoms with Gasteiger partial charge in [-0.2, -0.15) is 0 Å². The average molecular weight is 661 g/mol. The highest BCUT2D eigenvalue weighted by atomic mass is 16.3. The lowest BCUT2D eigenvalue weighted by molar-refractivity contribution is 0.280. The number of fused-ring (bicyclic) bond motifs is 10. The van der Waals surface area contributed by atoms with Crippen LogP contribution in [0.2, 0.25) is 0 Å². The molecule has 9 aromatic rings. The first-order chi connectivity index (χ1) is 24.9. The molecule has 10 rings (SSSR count). The molecule has 0 N–H and O–H groups in total. The molecule has 1 aliphatic carbocycles. The number of benzene rings is 6. The van der Waals surface area contributed by atoms with Crippen LogP contribution >= 0.6 is 0 Å². The standard InChI is InChI=1S/C47H36N2O2/c1-27(2)47(28(3)4)38-19-10-8-15-33(38)34-25-26-36-35-18-12-17-32(43(35)51-44(36)40(34)47)29-21-23-31(24-22-29)46-48-41(30-13-6-5-7-14-30)45-42(49-46)37-16-9-11-20-39(37)50-45/h5-28H,1-4H3. The molecule has 51 heavy (non-hydrogen) atoms. The van der Waals surface area contributed by atoms with Gasteiger partial charge < -0.3 is 8.83 Å². The van der Waals surface area contributed by atoms with E-state index in [1.54, 1.807) is 0 Å². The van der Waals surface area contributed by atoms with E-state index >= 15 is 0 Å². The van der Waals surface area contributed by atoms with Crippen molar-refractivity contribution in [2.45, 2.75) is 33.1 Å². The van der Waals surface area contributed by atoms with E-state index in [2.05, 4.69) is 125 Å². The van der Waals surface area contributed by atoms with Crippen LogP contribution in [0.3, 0.4) is 0 Å². The van der Waals surface area contributed by atoms with E-state index in [1.807, 2.05) is 36.4 Å². The minimum Gasteiger partial charge on any atom is -0.455 e. The third-order valence-corrected chi connectivity index (χ3v) is 11.3. The lowest BCUT2D eigenvalue weighted by atomic mass is 9.62. The maximum atomic E-state index is 7.09. The molecule has 0 bridgehead atoms. The molecule has 0 amide bonds. The van der Waals surface area contributed by atoms with Gasteiger partial charge in [-0.25, -0.2) is 9.97 Å². The first-order valence-electron chi connectivity index (χ1n) is 17.9. The van der Waals surface area contributed by atoms with E-state index in [4.69, 9.17) is 18.8 Å². The van der Waals surface area contributed by atoms with Gasteiger partial charge in [-0.15, -0.1) is 0 Å². The van der Waals surface area contributed by atoms with Crippen molar-refractivity contribution in [1.82, 2.24) is 9.97 Å². The molecule has 0 radical (unpaired) electrons. The second-order valence-electron chi connectivity index (χ2n) is 14.5. The monoisotopic (exact) mass is 660 g/mol. The molecule has 0 saturated carbocycles. The highest BCUT2D eigenvalue weighted by Crippen LogP contribution is 2.59. The molecule has 0 spiro atoms. The zero-order valence-electron chi connectivity index (χ0n) is 29.1. The first kappa shape index (κ1) is 29.9. The van der Waals surface area contributed by atoms with Crippen LogP contribution < -0.4 is 0 Å². The van der Waals surface area contributed by atoms with Gasteiger partial charge in [0.2, 0.25) is 0 Å². The van der Waals surface area contributed by atoms with Gasteiger partial charge in [-0.3, -0.25) is 0 Å². The van der Waals surface area contributed by atoms with Gasteiger partial charge in [0.25, 0.3) is 0 Å². The summed E-state index contributed by atoms with van der Waals surface area (Å²) in [7, 11) is 0. The zero-order valence-corrected chi connectivity index (χ0v) is 29.1. The fourth-order valence-corrected chi connectivity index (χ4v) is 9.11. The van der Waals surface area contributed by atoms with Gasteiger partial charge in [0.15, 0.2) is 11.4 Å². The highest BCUT2D eigenvalue weighted by molar-refractivity contribution is 6.13. The van der Waals surface area contributed by atoms with Crippen LogP contribution in [0.5, 0.6) is 0 Å². The summed E-state index contributed by atoms with van der Waals surface area (Å²) in [6.07, 6.45) is 0. The second kappa shape index (κ2) is 11.0. The smallest absolute Gasteiger partial charge is 0.180 e. The van der Waals surface area contributed by atoms with Crippen LogP contribution in [0.25, 0.3) is 88.9 Å². The predicted octanol–water partition coefficient (Wildman–Crippen LogP) is 12.9. The van der Waals surface area contributed by atoms with Crippen molar-refractivity contribution in [3.8, 4) is 44.9 Å². The van der Waals surface area contributed by atoms with Gasteiger partial charge in [0.1, 0.15) is 28.0 Å². The van der Waals surface area contributed by atoms with Crippen LogP contribution in [-0.4, -0.2) is 9.97 Å². The fourth-order valence-electron chi connectivity index (χ4n) is 9.11. The molecule has 3 heterocycles. The Bertz CT molecular complexity index is 2800. The first-order valence-corrected chi connectivity index (χ1v) is 17.9. The summed E-state index contributed by atoms with van der Waals surface area (Å²) in [6.45, 7) is 9.44. The fraction of sp³-hybridized carbons (Fsp3) is 0.149.